The first-order valence-electron chi connectivity index (χ1n) is 45.5. The van der Waals surface area contributed by atoms with Crippen LogP contribution in [0.25, 0.3) is 46.6 Å². The van der Waals surface area contributed by atoms with Crippen LogP contribution in [0.3, 0.4) is 0 Å². The molecule has 20 aliphatic rings. The summed E-state index contributed by atoms with van der Waals surface area (Å²) in [6.07, 6.45) is 31.2. The third kappa shape index (κ3) is 13.0. The van der Waals surface area contributed by atoms with Gasteiger partial charge in [-0.2, -0.15) is 0 Å². The molecule has 12 fully saturated rings. The maximum atomic E-state index is 15.6. The number of halogens is 8. The number of benzene rings is 8. The molecule has 8 bridgehead atoms. The van der Waals surface area contributed by atoms with Crippen molar-refractivity contribution in [2.75, 3.05) is 0 Å². The number of allylic oxidation sites excluding steroid dienone is 2. The highest BCUT2D eigenvalue weighted by atomic mass is 19.2. The summed E-state index contributed by atoms with van der Waals surface area (Å²) in [6, 6.07) is 42.2. The third-order valence-corrected chi connectivity index (χ3v) is 31.8. The van der Waals surface area contributed by atoms with Crippen LogP contribution in [0, 0.1) is 70.2 Å². The number of nitrogens with zero attached hydrogens (tertiary/aromatic N) is 4. The highest BCUT2D eigenvalue weighted by Crippen LogP contribution is 2.71. The molecule has 0 aromatic heterocycles. The monoisotopic (exact) mass is 1670 g/mol. The molecule has 12 saturated carbocycles. The van der Waals surface area contributed by atoms with E-state index in [4.69, 9.17) is 10.2 Å². The van der Waals surface area contributed by atoms with E-state index in [0.29, 0.717) is 17.5 Å². The number of fused-ring (bicyclic) bond motifs is 8. The standard InChI is InChI=1S/2C27H25F2NO2.2C27H27F2N/c2*1-15-8-20-19-5-3-2-4-18(19)11-21(20)26(30(15)27-12-17(13-27)14-27)25-22(28)9-16(10-23(25)29)6-7-24(31)32;2*1-3-6-17-10-23(28)25(24(29)11-17)26-22-12-19-7-4-5-8-20(19)21(22)9-16(2)30(26)27-13-18(14-27)15-27/h2*2-7,9-10,15,17,26H,8,11-14H2,1H3,(H,31,32);2*3-8,10-11,16,18,26H,9,12-15H2,1-2H3/b2*7-6+;2*6-3+/t2*15-,17?,26+,27?;16-,18?,26+,27?;16-,18?,26-,27?/m1011/s1/i;;26D;. The Kier molecular flexibility index (Phi) is 19.5. The first-order chi connectivity index (χ1) is 60.1. The molecule has 8 aromatic rings. The normalized spacial score (nSPS) is 32.0. The van der Waals surface area contributed by atoms with Gasteiger partial charge in [-0.25, -0.2) is 44.7 Å². The molecule has 8 nitrogen and oxygen atoms in total. The average Bonchev–Trinajstić information content (AvgIpc) is 1.67. The van der Waals surface area contributed by atoms with Crippen molar-refractivity contribution in [3.63, 3.8) is 0 Å². The minimum atomic E-state index is -1.53. The maximum absolute atomic E-state index is 15.6. The molecular weight excluding hydrogens is 1570 g/mol. The van der Waals surface area contributed by atoms with E-state index in [9.17, 15) is 11.0 Å². The summed E-state index contributed by atoms with van der Waals surface area (Å²) < 4.78 is 134. The van der Waals surface area contributed by atoms with Crippen LogP contribution in [0.4, 0.5) is 35.1 Å². The predicted molar refractivity (Wildman–Crippen MR) is 471 cm³/mol. The molecule has 0 saturated heterocycles. The lowest BCUT2D eigenvalue weighted by atomic mass is 9.48. The number of hydrogen-bond acceptors (Lipinski definition) is 6. The second-order valence-electron chi connectivity index (χ2n) is 39.4. The minimum Gasteiger partial charge on any atom is -0.478 e. The van der Waals surface area contributed by atoms with E-state index in [1.807, 2.05) is 56.3 Å². The zero-order valence-electron chi connectivity index (χ0n) is 72.0. The molecule has 124 heavy (non-hydrogen) atoms. The van der Waals surface area contributed by atoms with E-state index in [1.165, 1.54) is 141 Å². The molecule has 0 unspecified atom stereocenters. The molecule has 2 N–H and O–H groups in total. The number of carboxylic acids is 2. The zero-order valence-corrected chi connectivity index (χ0v) is 71.0. The van der Waals surface area contributed by atoms with Crippen molar-refractivity contribution in [2.45, 2.75) is 240 Å². The van der Waals surface area contributed by atoms with Gasteiger partial charge in [0, 0.05) is 80.7 Å². The summed E-state index contributed by atoms with van der Waals surface area (Å²) in [5, 5.41) is 17.7. The molecule has 28 rings (SSSR count). The maximum Gasteiger partial charge on any atom is 0.328 e. The second-order valence-corrected chi connectivity index (χ2v) is 39.4. The SMILES string of the molecule is C/C=C/c1cc(F)c([C@H]2C3=C(C[C@@H](C)N2C24CC(C2)C4)c2ccccc2C3)c(F)c1.C[C@@H]1CC2=C(Cc3ccccc32)[C@@H](c2c(F)cc(/C=C/C(=O)O)cc2F)N1C12CC(C1)C2.C[C@H]1CC2=C(Cc3ccccc32)[C@H](c2c(F)cc(/C=C/C(=O)O)cc2F)N1C12CC(C1)C2.[2H][C@@]1(c2c(F)cc(/C=C/C)cc2F)C2=C(C[C@@H](C)N1C13CC(C1)C3)c1ccccc1C2. The summed E-state index contributed by atoms with van der Waals surface area (Å²) >= 11 is 0. The van der Waals surface area contributed by atoms with E-state index in [2.05, 4.69) is 108 Å². The molecule has 0 radical (unpaired) electrons. The van der Waals surface area contributed by atoms with Gasteiger partial charge in [-0.05, 0) is 366 Å². The van der Waals surface area contributed by atoms with Gasteiger partial charge in [0.05, 0.1) is 25.5 Å². The van der Waals surface area contributed by atoms with Gasteiger partial charge < -0.3 is 10.2 Å². The van der Waals surface area contributed by atoms with Crippen molar-refractivity contribution in [3.8, 4) is 0 Å². The van der Waals surface area contributed by atoms with Crippen LogP contribution in [0.2, 0.25) is 0 Å². The Morgan fingerprint density at radius 2 is 0.565 bits per heavy atom. The largest absolute Gasteiger partial charge is 0.478 e. The Morgan fingerprint density at radius 1 is 0.339 bits per heavy atom. The average molecular weight is 1680 g/mol. The van der Waals surface area contributed by atoms with Crippen molar-refractivity contribution in [1.29, 1.82) is 0 Å². The van der Waals surface area contributed by atoms with Gasteiger partial charge in [0.2, 0.25) is 0 Å². The Bertz CT molecular complexity index is 5840. The van der Waals surface area contributed by atoms with Crippen LogP contribution >= 0.6 is 0 Å². The highest BCUT2D eigenvalue weighted by molar-refractivity contribution is 5.87. The van der Waals surface area contributed by atoms with Gasteiger partial charge in [-0.15, -0.1) is 0 Å². The van der Waals surface area contributed by atoms with Crippen molar-refractivity contribution >= 4 is 58.5 Å². The number of hydrogen-bond donors (Lipinski definition) is 2. The van der Waals surface area contributed by atoms with Crippen molar-refractivity contribution in [1.82, 2.24) is 19.6 Å². The van der Waals surface area contributed by atoms with Crippen LogP contribution in [0.1, 0.15) is 259 Å². The topological polar surface area (TPSA) is 87.6 Å². The van der Waals surface area contributed by atoms with Crippen LogP contribution in [-0.2, 0) is 35.3 Å². The van der Waals surface area contributed by atoms with Gasteiger partial charge in [0.1, 0.15) is 46.5 Å². The fourth-order valence-corrected chi connectivity index (χ4v) is 26.6. The molecule has 16 heteroatoms. The summed E-state index contributed by atoms with van der Waals surface area (Å²) in [6.45, 7) is 12.5. The summed E-state index contributed by atoms with van der Waals surface area (Å²) in [5.41, 5.74) is 21.1. The van der Waals surface area contributed by atoms with Gasteiger partial charge in [0.15, 0.2) is 0 Å². The highest BCUT2D eigenvalue weighted by Gasteiger charge is 2.68. The number of rotatable bonds is 14. The second kappa shape index (κ2) is 30.3. The van der Waals surface area contributed by atoms with E-state index >= 15 is 35.1 Å². The van der Waals surface area contributed by atoms with E-state index < -0.39 is 76.6 Å². The van der Waals surface area contributed by atoms with Crippen molar-refractivity contribution in [3.05, 3.63) is 328 Å². The summed E-state index contributed by atoms with van der Waals surface area (Å²) in [4.78, 5) is 31.2. The Morgan fingerprint density at radius 3 is 0.815 bits per heavy atom. The Hall–Kier alpha value is -10.1. The molecule has 8 aromatic carbocycles. The van der Waals surface area contributed by atoms with Gasteiger partial charge in [-0.1, -0.05) is 121 Å². The Balaban J connectivity index is 0.000000102. The summed E-state index contributed by atoms with van der Waals surface area (Å²) in [5.74, 6) is -3.70. The third-order valence-electron chi connectivity index (χ3n) is 31.8. The molecule has 16 aliphatic carbocycles. The molecule has 8 atom stereocenters. The summed E-state index contributed by atoms with van der Waals surface area (Å²) in [7, 11) is 0. The lowest BCUT2D eigenvalue weighted by Crippen LogP contribution is -2.71. The van der Waals surface area contributed by atoms with Gasteiger partial charge in [-0.3, -0.25) is 19.6 Å². The first kappa shape index (κ1) is 79.8. The quantitative estimate of drug-likeness (QED) is 0.0823. The van der Waals surface area contributed by atoms with Crippen LogP contribution in [-0.4, -0.2) is 88.1 Å². The van der Waals surface area contributed by atoms with Crippen molar-refractivity contribution < 1.29 is 56.3 Å². The predicted octanol–water partition coefficient (Wildman–Crippen LogP) is 24.9. The molecular formula is C108H104F8N4O4. The molecule has 0 amide bonds. The fraction of sp³-hybridized carbons (Fsp3) is 0.389. The lowest BCUT2D eigenvalue weighted by molar-refractivity contribution is -0.173. The van der Waals surface area contributed by atoms with Gasteiger partial charge in [0.25, 0.3) is 0 Å². The van der Waals surface area contributed by atoms with Gasteiger partial charge >= 0.3 is 11.9 Å². The van der Waals surface area contributed by atoms with E-state index in [0.717, 1.165) is 166 Å². The van der Waals surface area contributed by atoms with Crippen LogP contribution in [0.15, 0.2) is 192 Å². The fourth-order valence-electron chi connectivity index (χ4n) is 26.6. The number of carbonyl (C=O) groups is 2. The molecule has 4 heterocycles. The number of aliphatic carboxylic acids is 2. The van der Waals surface area contributed by atoms with Crippen LogP contribution < -0.4 is 0 Å². The molecule has 636 valence electrons. The number of carboxylic acid groups (broad SMARTS) is 2. The molecule has 0 spiro atoms. The van der Waals surface area contributed by atoms with E-state index in [1.54, 1.807) is 18.2 Å². The zero-order chi connectivity index (χ0) is 86.6. The van der Waals surface area contributed by atoms with Crippen LogP contribution in [0.5, 0.6) is 0 Å². The minimum absolute atomic E-state index is 0.0534. The van der Waals surface area contributed by atoms with Crippen molar-refractivity contribution in [2.24, 2.45) is 23.7 Å². The smallest absolute Gasteiger partial charge is 0.328 e. The molecule has 4 aliphatic heterocycles. The first-order valence-corrected chi connectivity index (χ1v) is 45.0. The Labute approximate surface area is 722 Å². The van der Waals surface area contributed by atoms with E-state index in [-0.39, 0.29) is 85.7 Å². The lowest BCUT2D eigenvalue weighted by Gasteiger charge is -2.70.